The van der Waals surface area contributed by atoms with Gasteiger partial charge in [-0.1, -0.05) is 17.7 Å². The largest absolute Gasteiger partial charge is 0.399 e. The molecule has 94 valence electrons. The fourth-order valence-electron chi connectivity index (χ4n) is 2.41. The lowest BCUT2D eigenvalue weighted by Gasteiger charge is -2.17. The normalized spacial score (nSPS) is 20.9. The summed E-state index contributed by atoms with van der Waals surface area (Å²) in [5.41, 5.74) is 7.51. The molecule has 2 rings (SSSR count). The molecule has 1 aromatic rings. The van der Waals surface area contributed by atoms with Crippen LogP contribution < -0.4 is 5.73 Å². The number of hydrogen-bond donors (Lipinski definition) is 2. The van der Waals surface area contributed by atoms with Crippen LogP contribution in [-0.2, 0) is 6.54 Å². The minimum Gasteiger partial charge on any atom is -0.399 e. The van der Waals surface area contributed by atoms with Crippen LogP contribution in [0.15, 0.2) is 18.2 Å². The summed E-state index contributed by atoms with van der Waals surface area (Å²) in [4.78, 5) is 2.39. The first-order valence-electron chi connectivity index (χ1n) is 6.06. The summed E-state index contributed by atoms with van der Waals surface area (Å²) < 4.78 is 0. The summed E-state index contributed by atoms with van der Waals surface area (Å²) in [5, 5.41) is 9.67. The van der Waals surface area contributed by atoms with E-state index in [2.05, 4.69) is 4.90 Å². The highest BCUT2D eigenvalue weighted by Crippen LogP contribution is 2.25. The Hall–Kier alpha value is -0.770. The molecule has 0 bridgehead atoms. The average Bonchev–Trinajstić information content (AvgIpc) is 2.71. The monoisotopic (exact) mass is 254 g/mol. The molecule has 4 heteroatoms. The van der Waals surface area contributed by atoms with E-state index in [0.717, 1.165) is 36.6 Å². The fourth-order valence-corrected chi connectivity index (χ4v) is 2.66. The average molecular weight is 255 g/mol. The molecular weight excluding hydrogens is 236 g/mol. The number of nitrogen functional groups attached to an aromatic ring is 1. The van der Waals surface area contributed by atoms with Crippen LogP contribution in [0.3, 0.4) is 0 Å². The smallest absolute Gasteiger partial charge is 0.0471 e. The van der Waals surface area contributed by atoms with Crippen molar-refractivity contribution in [2.45, 2.75) is 19.4 Å². The molecule has 0 spiro atoms. The lowest BCUT2D eigenvalue weighted by Crippen LogP contribution is -2.20. The van der Waals surface area contributed by atoms with Crippen molar-refractivity contribution in [3.8, 4) is 0 Å². The summed E-state index contributed by atoms with van der Waals surface area (Å²) >= 11 is 6.16. The van der Waals surface area contributed by atoms with Crippen molar-refractivity contribution in [3.05, 3.63) is 28.8 Å². The highest BCUT2D eigenvalue weighted by molar-refractivity contribution is 6.31. The number of aliphatic hydroxyl groups is 1. The number of likely N-dealkylation sites (tertiary alicyclic amines) is 1. The Morgan fingerprint density at radius 1 is 1.47 bits per heavy atom. The Bertz CT molecular complexity index is 384. The predicted molar refractivity (Wildman–Crippen MR) is 71.0 cm³/mol. The minimum absolute atomic E-state index is 0.293. The van der Waals surface area contributed by atoms with E-state index >= 15 is 0 Å². The van der Waals surface area contributed by atoms with E-state index < -0.39 is 0 Å². The summed E-state index contributed by atoms with van der Waals surface area (Å²) in [6.45, 7) is 3.31. The number of aliphatic hydroxyl groups excluding tert-OH is 1. The van der Waals surface area contributed by atoms with Crippen LogP contribution >= 0.6 is 11.6 Å². The quantitative estimate of drug-likeness (QED) is 0.810. The second kappa shape index (κ2) is 5.71. The number of nitrogens with two attached hydrogens (primary N) is 1. The molecule has 1 aromatic carbocycles. The molecule has 1 unspecified atom stereocenters. The molecule has 1 atom stereocenters. The highest BCUT2D eigenvalue weighted by Gasteiger charge is 2.22. The second-order valence-electron chi connectivity index (χ2n) is 4.75. The predicted octanol–water partition coefficient (Wildman–Crippen LogP) is 2.13. The molecule has 0 radical (unpaired) electrons. The van der Waals surface area contributed by atoms with Crippen LogP contribution in [0.1, 0.15) is 18.4 Å². The molecule has 0 aliphatic carbocycles. The molecule has 0 amide bonds. The first-order valence-corrected chi connectivity index (χ1v) is 6.44. The van der Waals surface area contributed by atoms with Crippen LogP contribution in [0, 0.1) is 5.92 Å². The molecule has 1 aliphatic rings. The second-order valence-corrected chi connectivity index (χ2v) is 5.16. The molecule has 3 N–H and O–H groups in total. The zero-order chi connectivity index (χ0) is 12.3. The molecule has 1 saturated heterocycles. The van der Waals surface area contributed by atoms with E-state index in [1.807, 2.05) is 12.1 Å². The number of anilines is 1. The van der Waals surface area contributed by atoms with E-state index in [0.29, 0.717) is 18.2 Å². The van der Waals surface area contributed by atoms with Crippen LogP contribution in [0.4, 0.5) is 5.69 Å². The Kier molecular flexibility index (Phi) is 4.26. The van der Waals surface area contributed by atoms with Crippen molar-refractivity contribution >= 4 is 17.3 Å². The van der Waals surface area contributed by atoms with Gasteiger partial charge in [0.2, 0.25) is 0 Å². The van der Waals surface area contributed by atoms with Gasteiger partial charge >= 0.3 is 0 Å². The zero-order valence-electron chi connectivity index (χ0n) is 9.90. The van der Waals surface area contributed by atoms with Crippen molar-refractivity contribution in [1.82, 2.24) is 4.90 Å². The van der Waals surface area contributed by atoms with E-state index in [-0.39, 0.29) is 0 Å². The number of benzene rings is 1. The lowest BCUT2D eigenvalue weighted by atomic mass is 10.1. The number of rotatable bonds is 4. The van der Waals surface area contributed by atoms with E-state index in [1.54, 1.807) is 6.07 Å². The molecule has 0 saturated carbocycles. The van der Waals surface area contributed by atoms with Crippen molar-refractivity contribution in [3.63, 3.8) is 0 Å². The fraction of sp³-hybridized carbons (Fsp3) is 0.538. The molecular formula is C13H19ClN2O. The Labute approximate surface area is 107 Å². The molecule has 1 heterocycles. The summed E-state index contributed by atoms with van der Waals surface area (Å²) in [6, 6.07) is 5.69. The Morgan fingerprint density at radius 2 is 2.29 bits per heavy atom. The van der Waals surface area contributed by atoms with Gasteiger partial charge in [0.1, 0.15) is 0 Å². The first kappa shape index (κ1) is 12.7. The van der Waals surface area contributed by atoms with Gasteiger partial charge in [-0.15, -0.1) is 0 Å². The zero-order valence-corrected chi connectivity index (χ0v) is 10.7. The van der Waals surface area contributed by atoms with Crippen LogP contribution in [-0.4, -0.2) is 29.7 Å². The van der Waals surface area contributed by atoms with E-state index in [1.165, 1.54) is 6.42 Å². The van der Waals surface area contributed by atoms with Gasteiger partial charge in [0.15, 0.2) is 0 Å². The molecule has 3 nitrogen and oxygen atoms in total. The van der Waals surface area contributed by atoms with Gasteiger partial charge in [-0.05, 0) is 43.0 Å². The van der Waals surface area contributed by atoms with Crippen molar-refractivity contribution in [2.24, 2.45) is 5.92 Å². The SMILES string of the molecule is Nc1ccc(CN2CCC(CCO)C2)c(Cl)c1. The van der Waals surface area contributed by atoms with E-state index in [9.17, 15) is 0 Å². The van der Waals surface area contributed by atoms with E-state index in [4.69, 9.17) is 22.4 Å². The minimum atomic E-state index is 0.293. The third-order valence-corrected chi connectivity index (χ3v) is 3.73. The summed E-state index contributed by atoms with van der Waals surface area (Å²) in [6.07, 6.45) is 2.08. The Balaban J connectivity index is 1.93. The third-order valence-electron chi connectivity index (χ3n) is 3.38. The lowest BCUT2D eigenvalue weighted by molar-refractivity contribution is 0.249. The standard InChI is InChI=1S/C13H19ClN2O/c14-13-7-12(15)2-1-11(13)9-16-5-3-10(8-16)4-6-17/h1-2,7,10,17H,3-6,8-9,15H2. The van der Waals surface area contributed by atoms with Gasteiger partial charge in [0, 0.05) is 30.4 Å². The third kappa shape index (κ3) is 3.35. The van der Waals surface area contributed by atoms with Crippen molar-refractivity contribution < 1.29 is 5.11 Å². The van der Waals surface area contributed by atoms with Gasteiger partial charge in [-0.2, -0.15) is 0 Å². The van der Waals surface area contributed by atoms with Crippen molar-refractivity contribution in [1.29, 1.82) is 0 Å². The van der Waals surface area contributed by atoms with Gasteiger partial charge in [-0.3, -0.25) is 4.90 Å². The van der Waals surface area contributed by atoms with Gasteiger partial charge in [-0.25, -0.2) is 0 Å². The number of nitrogens with zero attached hydrogens (tertiary/aromatic N) is 1. The van der Waals surface area contributed by atoms with Crippen LogP contribution in [0.25, 0.3) is 0 Å². The topological polar surface area (TPSA) is 49.5 Å². The van der Waals surface area contributed by atoms with Crippen LogP contribution in [0.5, 0.6) is 0 Å². The number of hydrogen-bond acceptors (Lipinski definition) is 3. The van der Waals surface area contributed by atoms with Crippen LogP contribution in [0.2, 0.25) is 5.02 Å². The maximum atomic E-state index is 8.92. The molecule has 0 aromatic heterocycles. The Morgan fingerprint density at radius 3 is 3.00 bits per heavy atom. The highest BCUT2D eigenvalue weighted by atomic mass is 35.5. The molecule has 17 heavy (non-hydrogen) atoms. The summed E-state index contributed by atoms with van der Waals surface area (Å²) in [7, 11) is 0. The van der Waals surface area contributed by atoms with Crippen molar-refractivity contribution in [2.75, 3.05) is 25.4 Å². The molecule has 1 fully saturated rings. The maximum Gasteiger partial charge on any atom is 0.0471 e. The molecule has 1 aliphatic heterocycles. The maximum absolute atomic E-state index is 8.92. The first-order chi connectivity index (χ1) is 8.19. The van der Waals surface area contributed by atoms with Gasteiger partial charge in [0.05, 0.1) is 0 Å². The van der Waals surface area contributed by atoms with Gasteiger partial charge in [0.25, 0.3) is 0 Å². The van der Waals surface area contributed by atoms with Gasteiger partial charge < -0.3 is 10.8 Å². The summed E-state index contributed by atoms with van der Waals surface area (Å²) in [5.74, 6) is 0.632. The number of halogens is 1.